The second kappa shape index (κ2) is 4.81. The minimum absolute atomic E-state index is 0.127. The van der Waals surface area contributed by atoms with Gasteiger partial charge in [0.05, 0.1) is 11.6 Å². The van der Waals surface area contributed by atoms with Crippen LogP contribution in [0.15, 0.2) is 30.5 Å². The van der Waals surface area contributed by atoms with Crippen LogP contribution in [-0.2, 0) is 0 Å². The van der Waals surface area contributed by atoms with Gasteiger partial charge in [-0.1, -0.05) is 6.07 Å². The third-order valence-corrected chi connectivity index (χ3v) is 2.26. The van der Waals surface area contributed by atoms with Crippen molar-refractivity contribution in [3.8, 4) is 17.7 Å². The highest BCUT2D eigenvalue weighted by atomic mass is 35.5. The fourth-order valence-corrected chi connectivity index (χ4v) is 1.38. The molecule has 1 aromatic heterocycles. The zero-order chi connectivity index (χ0) is 12.3. The molecule has 0 aliphatic carbocycles. The van der Waals surface area contributed by atoms with Gasteiger partial charge >= 0.3 is 0 Å². The van der Waals surface area contributed by atoms with E-state index >= 15 is 0 Å². The smallest absolute Gasteiger partial charge is 0.226 e. The fraction of sp³-hybridized carbons (Fsp3) is 0.0833. The van der Waals surface area contributed by atoms with E-state index in [2.05, 4.69) is 9.97 Å². The molecule has 4 nitrogen and oxygen atoms in total. The number of halogens is 1. The molecule has 5 heteroatoms. The van der Waals surface area contributed by atoms with Crippen LogP contribution in [0.25, 0.3) is 0 Å². The van der Waals surface area contributed by atoms with Crippen LogP contribution in [0.4, 0.5) is 0 Å². The van der Waals surface area contributed by atoms with Gasteiger partial charge in [0.25, 0.3) is 0 Å². The van der Waals surface area contributed by atoms with Gasteiger partial charge in [-0.15, -0.1) is 0 Å². The molecule has 1 aromatic carbocycles. The third-order valence-electron chi connectivity index (χ3n) is 2.07. The SMILES string of the molecule is Cc1cnc(Cl)nc1Oc1cccc(C#N)c1. The van der Waals surface area contributed by atoms with Gasteiger partial charge in [-0.25, -0.2) is 4.98 Å². The van der Waals surface area contributed by atoms with Gasteiger partial charge in [0.2, 0.25) is 11.2 Å². The number of hydrogen-bond acceptors (Lipinski definition) is 4. The summed E-state index contributed by atoms with van der Waals surface area (Å²) in [6.45, 7) is 1.82. The second-order valence-corrected chi connectivity index (χ2v) is 3.71. The standard InChI is InChI=1S/C12H8ClN3O/c1-8-7-15-12(13)16-11(8)17-10-4-2-3-9(5-10)6-14/h2-5,7H,1H3. The van der Waals surface area contributed by atoms with E-state index in [1.807, 2.05) is 13.0 Å². The lowest BCUT2D eigenvalue weighted by Gasteiger charge is -2.07. The summed E-state index contributed by atoms with van der Waals surface area (Å²) in [5, 5.41) is 8.90. The summed E-state index contributed by atoms with van der Waals surface area (Å²) in [5.74, 6) is 0.932. The van der Waals surface area contributed by atoms with Crippen molar-refractivity contribution in [1.82, 2.24) is 9.97 Å². The Morgan fingerprint density at radius 3 is 3.00 bits per heavy atom. The first-order valence-corrected chi connectivity index (χ1v) is 5.24. The van der Waals surface area contributed by atoms with Crippen molar-refractivity contribution in [1.29, 1.82) is 5.26 Å². The lowest BCUT2D eigenvalue weighted by atomic mass is 10.2. The van der Waals surface area contributed by atoms with Crippen LogP contribution in [0.5, 0.6) is 11.6 Å². The summed E-state index contributed by atoms with van der Waals surface area (Å²) < 4.78 is 5.55. The van der Waals surface area contributed by atoms with E-state index in [-0.39, 0.29) is 5.28 Å². The lowest BCUT2D eigenvalue weighted by Crippen LogP contribution is -1.93. The Balaban J connectivity index is 2.31. The molecule has 0 atom stereocenters. The highest BCUT2D eigenvalue weighted by molar-refractivity contribution is 6.28. The second-order valence-electron chi connectivity index (χ2n) is 3.37. The first kappa shape index (κ1) is 11.4. The summed E-state index contributed by atoms with van der Waals surface area (Å²) in [5.41, 5.74) is 1.30. The number of aromatic nitrogens is 2. The minimum Gasteiger partial charge on any atom is -0.439 e. The topological polar surface area (TPSA) is 58.8 Å². The quantitative estimate of drug-likeness (QED) is 0.763. The molecule has 0 radical (unpaired) electrons. The normalized spacial score (nSPS) is 9.71. The molecule has 0 amide bonds. The van der Waals surface area contributed by atoms with E-state index in [0.717, 1.165) is 5.56 Å². The van der Waals surface area contributed by atoms with Crippen LogP contribution in [-0.4, -0.2) is 9.97 Å². The van der Waals surface area contributed by atoms with Gasteiger partial charge in [0, 0.05) is 11.8 Å². The highest BCUT2D eigenvalue weighted by Gasteiger charge is 2.05. The van der Waals surface area contributed by atoms with Gasteiger partial charge in [-0.2, -0.15) is 10.2 Å². The van der Waals surface area contributed by atoms with Crippen LogP contribution in [0.2, 0.25) is 5.28 Å². The maximum absolute atomic E-state index is 8.77. The molecule has 0 spiro atoms. The van der Waals surface area contributed by atoms with Crippen molar-refractivity contribution in [2.45, 2.75) is 6.92 Å². The molecule has 0 unspecified atom stereocenters. The Morgan fingerprint density at radius 1 is 1.41 bits per heavy atom. The van der Waals surface area contributed by atoms with E-state index in [1.165, 1.54) is 0 Å². The number of hydrogen-bond donors (Lipinski definition) is 0. The molecule has 2 aromatic rings. The summed E-state index contributed by atoms with van der Waals surface area (Å²) in [6.07, 6.45) is 1.58. The molecule has 0 saturated carbocycles. The largest absolute Gasteiger partial charge is 0.439 e. The molecule has 17 heavy (non-hydrogen) atoms. The number of nitrogens with zero attached hydrogens (tertiary/aromatic N) is 3. The van der Waals surface area contributed by atoms with Crippen LogP contribution in [0.3, 0.4) is 0 Å². The zero-order valence-electron chi connectivity index (χ0n) is 9.01. The number of nitriles is 1. The van der Waals surface area contributed by atoms with Gasteiger partial charge in [0.15, 0.2) is 0 Å². The van der Waals surface area contributed by atoms with Gasteiger partial charge in [-0.05, 0) is 36.7 Å². The first-order valence-electron chi connectivity index (χ1n) is 4.86. The van der Waals surface area contributed by atoms with E-state index < -0.39 is 0 Å². The number of aryl methyl sites for hydroxylation is 1. The Morgan fingerprint density at radius 2 is 2.24 bits per heavy atom. The summed E-state index contributed by atoms with van der Waals surface area (Å²) >= 11 is 5.69. The Kier molecular flexibility index (Phi) is 3.22. The average Bonchev–Trinajstić information content (AvgIpc) is 2.34. The van der Waals surface area contributed by atoms with E-state index in [1.54, 1.807) is 30.5 Å². The molecule has 2 rings (SSSR count). The molecule has 84 valence electrons. The van der Waals surface area contributed by atoms with Crippen molar-refractivity contribution in [3.63, 3.8) is 0 Å². The fourth-order valence-electron chi connectivity index (χ4n) is 1.25. The predicted molar refractivity (Wildman–Crippen MR) is 63.0 cm³/mol. The third kappa shape index (κ3) is 2.71. The molecule has 0 aliphatic heterocycles. The molecule has 1 heterocycles. The monoisotopic (exact) mass is 245 g/mol. The zero-order valence-corrected chi connectivity index (χ0v) is 9.77. The molecular weight excluding hydrogens is 238 g/mol. The van der Waals surface area contributed by atoms with Crippen molar-refractivity contribution in [2.75, 3.05) is 0 Å². The number of benzene rings is 1. The number of rotatable bonds is 2. The Hall–Kier alpha value is -2.12. The maximum Gasteiger partial charge on any atom is 0.226 e. The first-order chi connectivity index (χ1) is 8.19. The van der Waals surface area contributed by atoms with Gasteiger partial charge < -0.3 is 4.74 Å². The summed E-state index contributed by atoms with van der Waals surface area (Å²) in [4.78, 5) is 7.81. The van der Waals surface area contributed by atoms with Crippen molar-refractivity contribution in [3.05, 3.63) is 46.9 Å². The van der Waals surface area contributed by atoms with Crippen LogP contribution < -0.4 is 4.74 Å². The summed E-state index contributed by atoms with van der Waals surface area (Å²) in [7, 11) is 0. The predicted octanol–water partition coefficient (Wildman–Crippen LogP) is 3.10. The molecular formula is C12H8ClN3O. The minimum atomic E-state index is 0.127. The lowest BCUT2D eigenvalue weighted by molar-refractivity contribution is 0.457. The molecule has 0 saturated heterocycles. The Labute approximate surface area is 103 Å². The van der Waals surface area contributed by atoms with Crippen molar-refractivity contribution >= 4 is 11.6 Å². The number of ether oxygens (including phenoxy) is 1. The van der Waals surface area contributed by atoms with E-state index in [9.17, 15) is 0 Å². The summed E-state index contributed by atoms with van der Waals surface area (Å²) in [6, 6.07) is 8.86. The highest BCUT2D eigenvalue weighted by Crippen LogP contribution is 2.23. The molecule has 0 bridgehead atoms. The molecule has 0 N–H and O–H groups in total. The van der Waals surface area contributed by atoms with Crippen molar-refractivity contribution in [2.24, 2.45) is 0 Å². The van der Waals surface area contributed by atoms with Crippen LogP contribution >= 0.6 is 11.6 Å². The molecule has 0 aliphatic rings. The van der Waals surface area contributed by atoms with Gasteiger partial charge in [-0.3, -0.25) is 0 Å². The van der Waals surface area contributed by atoms with E-state index in [4.69, 9.17) is 21.6 Å². The van der Waals surface area contributed by atoms with Crippen LogP contribution in [0.1, 0.15) is 11.1 Å². The van der Waals surface area contributed by atoms with Crippen molar-refractivity contribution < 1.29 is 4.74 Å². The Bertz CT molecular complexity index is 593. The molecule has 0 fully saturated rings. The van der Waals surface area contributed by atoms with Crippen LogP contribution in [0, 0.1) is 18.3 Å². The van der Waals surface area contributed by atoms with Gasteiger partial charge in [0.1, 0.15) is 5.75 Å². The van der Waals surface area contributed by atoms with E-state index in [0.29, 0.717) is 17.2 Å². The average molecular weight is 246 g/mol. The maximum atomic E-state index is 8.77.